The summed E-state index contributed by atoms with van der Waals surface area (Å²) >= 11 is 1.23. The molecule has 1 N–H and O–H groups in total. The summed E-state index contributed by atoms with van der Waals surface area (Å²) in [6.07, 6.45) is 1.28. The van der Waals surface area contributed by atoms with Gasteiger partial charge in [-0.3, -0.25) is 4.79 Å². The molecule has 0 saturated carbocycles. The second-order valence-corrected chi connectivity index (χ2v) is 9.24. The molecule has 26 heavy (non-hydrogen) atoms. The van der Waals surface area contributed by atoms with Gasteiger partial charge in [0.1, 0.15) is 10.7 Å². The van der Waals surface area contributed by atoms with Gasteiger partial charge in [0, 0.05) is 26.8 Å². The van der Waals surface area contributed by atoms with Crippen molar-refractivity contribution in [2.24, 2.45) is 0 Å². The number of hydrogen-bond donors (Lipinski definition) is 1. The number of amides is 1. The molecule has 0 aliphatic heterocycles. The Hall–Kier alpha value is -1.97. The number of carbonyl (C=O) groups is 1. The number of aromatic nitrogens is 1. The highest BCUT2D eigenvalue weighted by Gasteiger charge is 2.19. The number of nitrogens with one attached hydrogen (secondary N) is 1. The molecule has 0 bridgehead atoms. The molecule has 2 rings (SSSR count). The first-order valence-corrected chi connectivity index (χ1v) is 10.1. The summed E-state index contributed by atoms with van der Waals surface area (Å²) in [5.41, 5.74) is 0.799. The van der Waals surface area contributed by atoms with Gasteiger partial charge in [-0.1, -0.05) is 23.9 Å². The maximum Gasteiger partial charge on any atom is 0.244 e. The lowest BCUT2D eigenvalue weighted by atomic mass is 10.2. The Morgan fingerprint density at radius 1 is 1.23 bits per heavy atom. The van der Waals surface area contributed by atoms with Crippen LogP contribution in [0.1, 0.15) is 12.5 Å². The molecular weight excluding hydrogens is 377 g/mol. The zero-order valence-corrected chi connectivity index (χ0v) is 16.3. The van der Waals surface area contributed by atoms with Crippen LogP contribution >= 0.6 is 11.8 Å². The minimum Gasteiger partial charge on any atom is -0.351 e. The Labute approximate surface area is 156 Å². The number of benzene rings is 1. The van der Waals surface area contributed by atoms with Crippen molar-refractivity contribution in [3.63, 3.8) is 0 Å². The molecule has 1 aromatic heterocycles. The van der Waals surface area contributed by atoms with Gasteiger partial charge in [-0.05, 0) is 36.8 Å². The summed E-state index contributed by atoms with van der Waals surface area (Å²) in [5, 5.41) is 2.91. The predicted molar refractivity (Wildman–Crippen MR) is 98.7 cm³/mol. The normalized spacial score (nSPS) is 12.8. The zero-order chi connectivity index (χ0) is 19.3. The lowest BCUT2D eigenvalue weighted by Crippen LogP contribution is -2.30. The van der Waals surface area contributed by atoms with E-state index in [0.29, 0.717) is 11.6 Å². The van der Waals surface area contributed by atoms with Gasteiger partial charge in [0.2, 0.25) is 15.9 Å². The van der Waals surface area contributed by atoms with E-state index in [9.17, 15) is 17.6 Å². The molecule has 1 atom stereocenters. The molecule has 1 aromatic carbocycles. The summed E-state index contributed by atoms with van der Waals surface area (Å²) in [4.78, 5) is 16.4. The van der Waals surface area contributed by atoms with E-state index in [1.54, 1.807) is 25.1 Å². The summed E-state index contributed by atoms with van der Waals surface area (Å²) in [6, 6.07) is 8.94. The van der Waals surface area contributed by atoms with Crippen LogP contribution in [0, 0.1) is 5.82 Å². The summed E-state index contributed by atoms with van der Waals surface area (Å²) in [6.45, 7) is 2.04. The number of rotatable bonds is 7. The minimum absolute atomic E-state index is 0.0975. The topological polar surface area (TPSA) is 79.4 Å². The number of thioether (sulfide) groups is 1. The van der Waals surface area contributed by atoms with Gasteiger partial charge in [-0.2, -0.15) is 0 Å². The zero-order valence-electron chi connectivity index (χ0n) is 14.6. The van der Waals surface area contributed by atoms with E-state index >= 15 is 0 Å². The number of sulfonamides is 1. The van der Waals surface area contributed by atoms with Crippen LogP contribution in [0.15, 0.2) is 52.5 Å². The van der Waals surface area contributed by atoms with E-state index in [-0.39, 0.29) is 16.6 Å². The summed E-state index contributed by atoms with van der Waals surface area (Å²) < 4.78 is 38.0. The predicted octanol–water partition coefficient (Wildman–Crippen LogP) is 2.27. The maximum atomic E-state index is 12.9. The summed E-state index contributed by atoms with van der Waals surface area (Å²) in [5.74, 6) is -0.513. The third-order valence-electron chi connectivity index (χ3n) is 3.53. The third kappa shape index (κ3) is 5.26. The number of nitrogens with zero attached hydrogens (tertiary/aromatic N) is 2. The van der Waals surface area contributed by atoms with E-state index in [2.05, 4.69) is 10.3 Å². The third-order valence-corrected chi connectivity index (χ3v) is 6.38. The minimum atomic E-state index is -3.53. The first-order valence-electron chi connectivity index (χ1n) is 7.77. The standard InChI is InChI=1S/C17H20FN3O3S2/c1-12(17(22)20-10-13-4-6-14(18)7-5-13)25-16-9-8-15(11-19-16)26(23,24)21(2)3/h4-9,11-12H,10H2,1-3H3,(H,20,22)/t12-/m1/s1. The van der Waals surface area contributed by atoms with Crippen LogP contribution < -0.4 is 5.32 Å². The van der Waals surface area contributed by atoms with Gasteiger partial charge in [0.25, 0.3) is 0 Å². The lowest BCUT2D eigenvalue weighted by molar-refractivity contribution is -0.120. The van der Waals surface area contributed by atoms with Crippen molar-refractivity contribution in [3.8, 4) is 0 Å². The monoisotopic (exact) mass is 397 g/mol. The smallest absolute Gasteiger partial charge is 0.244 e. The molecule has 0 saturated heterocycles. The molecule has 0 aliphatic carbocycles. The van der Waals surface area contributed by atoms with Crippen LogP contribution in [0.3, 0.4) is 0 Å². The van der Waals surface area contributed by atoms with Gasteiger partial charge >= 0.3 is 0 Å². The Morgan fingerprint density at radius 3 is 2.42 bits per heavy atom. The van der Waals surface area contributed by atoms with Crippen molar-refractivity contribution in [3.05, 3.63) is 54.0 Å². The molecular formula is C17H20FN3O3S2. The Morgan fingerprint density at radius 2 is 1.88 bits per heavy atom. The van der Waals surface area contributed by atoms with Crippen molar-refractivity contribution in [1.82, 2.24) is 14.6 Å². The van der Waals surface area contributed by atoms with Crippen LogP contribution in [0.2, 0.25) is 0 Å². The van der Waals surface area contributed by atoms with Crippen molar-refractivity contribution >= 4 is 27.7 Å². The highest BCUT2D eigenvalue weighted by Crippen LogP contribution is 2.23. The fraction of sp³-hybridized carbons (Fsp3) is 0.294. The average Bonchev–Trinajstić information content (AvgIpc) is 2.61. The molecule has 0 spiro atoms. The van der Waals surface area contributed by atoms with E-state index in [4.69, 9.17) is 0 Å². The molecule has 0 radical (unpaired) electrons. The first kappa shape index (κ1) is 20.3. The lowest BCUT2D eigenvalue weighted by Gasteiger charge is -2.13. The van der Waals surface area contributed by atoms with Crippen LogP contribution in [-0.2, 0) is 21.4 Å². The van der Waals surface area contributed by atoms with E-state index in [0.717, 1.165) is 9.87 Å². The maximum absolute atomic E-state index is 12.9. The van der Waals surface area contributed by atoms with Crippen LogP contribution in [0.5, 0.6) is 0 Å². The number of halogens is 1. The van der Waals surface area contributed by atoms with Gasteiger partial charge in [-0.15, -0.1) is 0 Å². The average molecular weight is 397 g/mol. The fourth-order valence-electron chi connectivity index (χ4n) is 1.97. The summed E-state index contributed by atoms with van der Waals surface area (Å²) in [7, 11) is -0.625. The fourth-order valence-corrected chi connectivity index (χ4v) is 3.63. The van der Waals surface area contributed by atoms with Crippen LogP contribution in [0.25, 0.3) is 0 Å². The van der Waals surface area contributed by atoms with Crippen LogP contribution in [0.4, 0.5) is 4.39 Å². The molecule has 0 aliphatic rings. The van der Waals surface area contributed by atoms with E-state index < -0.39 is 15.3 Å². The molecule has 1 amide bonds. The van der Waals surface area contributed by atoms with Crippen LogP contribution in [-0.4, -0.2) is 43.0 Å². The largest absolute Gasteiger partial charge is 0.351 e. The van der Waals surface area contributed by atoms with Gasteiger partial charge in [-0.25, -0.2) is 22.1 Å². The second-order valence-electron chi connectivity index (χ2n) is 5.72. The molecule has 6 nitrogen and oxygen atoms in total. The molecule has 1 heterocycles. The second kappa shape index (κ2) is 8.61. The van der Waals surface area contributed by atoms with Gasteiger partial charge in [0.15, 0.2) is 0 Å². The Balaban J connectivity index is 1.93. The van der Waals surface area contributed by atoms with Crippen molar-refractivity contribution in [2.45, 2.75) is 28.6 Å². The first-order chi connectivity index (χ1) is 12.2. The molecule has 2 aromatic rings. The Bertz CT molecular complexity index is 854. The molecule has 140 valence electrons. The van der Waals surface area contributed by atoms with E-state index in [1.807, 2.05) is 0 Å². The molecule has 0 unspecified atom stereocenters. The quantitative estimate of drug-likeness (QED) is 0.725. The number of carbonyl (C=O) groups excluding carboxylic acids is 1. The highest BCUT2D eigenvalue weighted by molar-refractivity contribution is 8.00. The number of hydrogen-bond acceptors (Lipinski definition) is 5. The molecule has 0 fully saturated rings. The van der Waals surface area contributed by atoms with E-state index in [1.165, 1.54) is 50.3 Å². The molecule has 9 heteroatoms. The van der Waals surface area contributed by atoms with Crippen molar-refractivity contribution in [2.75, 3.05) is 14.1 Å². The highest BCUT2D eigenvalue weighted by atomic mass is 32.2. The van der Waals surface area contributed by atoms with Gasteiger partial charge in [0.05, 0.1) is 10.3 Å². The SMILES string of the molecule is C[C@@H](Sc1ccc(S(=O)(=O)N(C)C)cn1)C(=O)NCc1ccc(F)cc1. The Kier molecular flexibility index (Phi) is 6.74. The van der Waals surface area contributed by atoms with Crippen molar-refractivity contribution < 1.29 is 17.6 Å². The number of pyridine rings is 1. The van der Waals surface area contributed by atoms with Crippen molar-refractivity contribution in [1.29, 1.82) is 0 Å². The van der Waals surface area contributed by atoms with Gasteiger partial charge < -0.3 is 5.32 Å².